The minimum atomic E-state index is 0.674. The largest absolute Gasteiger partial charge is 0.313 e. The van der Waals surface area contributed by atoms with Crippen molar-refractivity contribution >= 4 is 11.3 Å². The van der Waals surface area contributed by atoms with Crippen LogP contribution in [0, 0.1) is 5.92 Å². The summed E-state index contributed by atoms with van der Waals surface area (Å²) >= 11 is 1.89. The van der Waals surface area contributed by atoms with Crippen LogP contribution in [0.2, 0.25) is 0 Å². The lowest BCUT2D eigenvalue weighted by molar-refractivity contribution is 0.201. The molecule has 0 bridgehead atoms. The fraction of sp³-hybridized carbons (Fsp3) is 0.750. The fourth-order valence-corrected chi connectivity index (χ4v) is 3.65. The van der Waals surface area contributed by atoms with Crippen LogP contribution in [0.25, 0.3) is 0 Å². The lowest BCUT2D eigenvalue weighted by Gasteiger charge is -2.29. The average Bonchev–Trinajstić information content (AvgIpc) is 2.80. The molecule has 1 aromatic rings. The number of nitrogens with one attached hydrogen (secondary N) is 1. The van der Waals surface area contributed by atoms with Crippen molar-refractivity contribution in [3.05, 3.63) is 22.4 Å². The molecule has 19 heavy (non-hydrogen) atoms. The molecule has 0 aromatic carbocycles. The first-order valence-corrected chi connectivity index (χ1v) is 8.53. The lowest BCUT2D eigenvalue weighted by Crippen LogP contribution is -2.41. The van der Waals surface area contributed by atoms with Crippen molar-refractivity contribution in [1.29, 1.82) is 0 Å². The Morgan fingerprint density at radius 2 is 2.32 bits per heavy atom. The van der Waals surface area contributed by atoms with Gasteiger partial charge in [-0.15, -0.1) is 11.3 Å². The first-order chi connectivity index (χ1) is 9.15. The molecule has 2 atom stereocenters. The first kappa shape index (κ1) is 15.0. The van der Waals surface area contributed by atoms with Crippen molar-refractivity contribution in [2.24, 2.45) is 5.92 Å². The van der Waals surface area contributed by atoms with Gasteiger partial charge in [0.25, 0.3) is 0 Å². The molecular weight excluding hydrogens is 252 g/mol. The molecule has 2 unspecified atom stereocenters. The maximum Gasteiger partial charge on any atom is 0.0197 e. The predicted octanol–water partition coefficient (Wildman–Crippen LogP) is 3.39. The van der Waals surface area contributed by atoms with E-state index in [0.29, 0.717) is 12.1 Å². The Labute approximate surface area is 122 Å². The van der Waals surface area contributed by atoms with Gasteiger partial charge in [-0.25, -0.2) is 0 Å². The number of rotatable bonds is 5. The molecule has 0 amide bonds. The summed E-state index contributed by atoms with van der Waals surface area (Å²) in [6, 6.07) is 5.81. The maximum absolute atomic E-state index is 3.73. The summed E-state index contributed by atoms with van der Waals surface area (Å²) in [6.45, 7) is 10.6. The van der Waals surface area contributed by atoms with Gasteiger partial charge in [0.05, 0.1) is 0 Å². The zero-order chi connectivity index (χ0) is 13.7. The van der Waals surface area contributed by atoms with Gasteiger partial charge in [0.2, 0.25) is 0 Å². The van der Waals surface area contributed by atoms with Gasteiger partial charge in [-0.1, -0.05) is 19.9 Å². The summed E-state index contributed by atoms with van der Waals surface area (Å²) in [5.41, 5.74) is 0. The molecule has 0 saturated carbocycles. The van der Waals surface area contributed by atoms with Gasteiger partial charge < -0.3 is 5.32 Å². The fourth-order valence-electron chi connectivity index (χ4n) is 2.95. The van der Waals surface area contributed by atoms with Crippen LogP contribution in [0.3, 0.4) is 0 Å². The van der Waals surface area contributed by atoms with Gasteiger partial charge in [-0.3, -0.25) is 4.90 Å². The Kier molecular flexibility index (Phi) is 5.86. The van der Waals surface area contributed by atoms with Gasteiger partial charge in [0, 0.05) is 30.1 Å². The van der Waals surface area contributed by atoms with E-state index in [1.54, 1.807) is 0 Å². The molecule has 1 aliphatic rings. The second kappa shape index (κ2) is 7.41. The van der Waals surface area contributed by atoms with E-state index < -0.39 is 0 Å². The predicted molar refractivity (Wildman–Crippen MR) is 84.9 cm³/mol. The Morgan fingerprint density at radius 3 is 3.00 bits per heavy atom. The van der Waals surface area contributed by atoms with Crippen LogP contribution in [0.15, 0.2) is 17.5 Å². The number of thiophene rings is 1. The van der Waals surface area contributed by atoms with Crippen molar-refractivity contribution in [1.82, 2.24) is 10.2 Å². The summed E-state index contributed by atoms with van der Waals surface area (Å²) in [5, 5.41) is 5.91. The minimum Gasteiger partial charge on any atom is -0.313 e. The molecule has 1 fully saturated rings. The standard InChI is InChI=1S/C16H28N2S/c1-13(2)11-15-12-18(14(3)6-8-17-15)9-7-16-5-4-10-19-16/h4-5,10,13-15,17H,6-9,11-12H2,1-3H3. The zero-order valence-electron chi connectivity index (χ0n) is 12.6. The summed E-state index contributed by atoms with van der Waals surface area (Å²) in [6.07, 6.45) is 3.78. The Morgan fingerprint density at radius 1 is 1.47 bits per heavy atom. The van der Waals surface area contributed by atoms with E-state index in [4.69, 9.17) is 0 Å². The topological polar surface area (TPSA) is 15.3 Å². The SMILES string of the molecule is CC(C)CC1CN(CCc2cccs2)C(C)CCN1. The average molecular weight is 280 g/mol. The Hall–Kier alpha value is -0.380. The van der Waals surface area contributed by atoms with Crippen molar-refractivity contribution in [2.75, 3.05) is 19.6 Å². The van der Waals surface area contributed by atoms with E-state index in [1.165, 1.54) is 43.8 Å². The minimum absolute atomic E-state index is 0.674. The highest BCUT2D eigenvalue weighted by atomic mass is 32.1. The molecule has 0 spiro atoms. The smallest absolute Gasteiger partial charge is 0.0197 e. The summed E-state index contributed by atoms with van der Waals surface area (Å²) in [5.74, 6) is 0.782. The second-order valence-corrected chi connectivity index (χ2v) is 7.27. The Bertz CT molecular complexity index is 348. The molecule has 1 N–H and O–H groups in total. The number of nitrogens with zero attached hydrogens (tertiary/aromatic N) is 1. The van der Waals surface area contributed by atoms with Crippen LogP contribution in [0.5, 0.6) is 0 Å². The molecule has 108 valence electrons. The van der Waals surface area contributed by atoms with Crippen molar-refractivity contribution in [3.63, 3.8) is 0 Å². The van der Waals surface area contributed by atoms with E-state index in [-0.39, 0.29) is 0 Å². The van der Waals surface area contributed by atoms with E-state index in [9.17, 15) is 0 Å². The second-order valence-electron chi connectivity index (χ2n) is 6.24. The number of hydrogen-bond donors (Lipinski definition) is 1. The lowest BCUT2D eigenvalue weighted by atomic mass is 10.0. The monoisotopic (exact) mass is 280 g/mol. The van der Waals surface area contributed by atoms with E-state index in [2.05, 4.69) is 48.5 Å². The van der Waals surface area contributed by atoms with Crippen LogP contribution in [0.1, 0.15) is 38.5 Å². The third-order valence-corrected chi connectivity index (χ3v) is 4.99. The first-order valence-electron chi connectivity index (χ1n) is 7.65. The molecule has 2 heterocycles. The normalized spacial score (nSPS) is 25.7. The maximum atomic E-state index is 3.73. The quantitative estimate of drug-likeness (QED) is 0.889. The highest BCUT2D eigenvalue weighted by molar-refractivity contribution is 7.09. The van der Waals surface area contributed by atoms with Crippen LogP contribution < -0.4 is 5.32 Å². The Balaban J connectivity index is 1.87. The molecular formula is C16H28N2S. The van der Waals surface area contributed by atoms with Crippen LogP contribution >= 0.6 is 11.3 Å². The molecule has 1 saturated heterocycles. The summed E-state index contributed by atoms with van der Waals surface area (Å²) in [7, 11) is 0. The van der Waals surface area contributed by atoms with E-state index in [1.807, 2.05) is 11.3 Å². The summed E-state index contributed by atoms with van der Waals surface area (Å²) in [4.78, 5) is 4.21. The molecule has 0 radical (unpaired) electrons. The van der Waals surface area contributed by atoms with Crippen LogP contribution in [-0.4, -0.2) is 36.6 Å². The molecule has 1 aliphatic heterocycles. The van der Waals surface area contributed by atoms with Crippen molar-refractivity contribution in [3.8, 4) is 0 Å². The molecule has 1 aromatic heterocycles. The highest BCUT2D eigenvalue weighted by Gasteiger charge is 2.22. The highest BCUT2D eigenvalue weighted by Crippen LogP contribution is 2.16. The van der Waals surface area contributed by atoms with E-state index >= 15 is 0 Å². The van der Waals surface area contributed by atoms with Crippen molar-refractivity contribution < 1.29 is 0 Å². The molecule has 0 aliphatic carbocycles. The molecule has 2 nitrogen and oxygen atoms in total. The van der Waals surface area contributed by atoms with Gasteiger partial charge in [-0.05, 0) is 50.1 Å². The van der Waals surface area contributed by atoms with Gasteiger partial charge in [0.15, 0.2) is 0 Å². The number of hydrogen-bond acceptors (Lipinski definition) is 3. The van der Waals surface area contributed by atoms with Gasteiger partial charge in [0.1, 0.15) is 0 Å². The third kappa shape index (κ3) is 4.90. The van der Waals surface area contributed by atoms with Gasteiger partial charge in [-0.2, -0.15) is 0 Å². The zero-order valence-corrected chi connectivity index (χ0v) is 13.4. The molecule has 3 heteroatoms. The molecule has 2 rings (SSSR count). The third-order valence-electron chi connectivity index (χ3n) is 4.05. The van der Waals surface area contributed by atoms with Gasteiger partial charge >= 0.3 is 0 Å². The van der Waals surface area contributed by atoms with Crippen molar-refractivity contribution in [2.45, 2.75) is 52.1 Å². The van der Waals surface area contributed by atoms with E-state index in [0.717, 1.165) is 5.92 Å². The summed E-state index contributed by atoms with van der Waals surface area (Å²) < 4.78 is 0. The van der Waals surface area contributed by atoms with Crippen LogP contribution in [0.4, 0.5) is 0 Å². The van der Waals surface area contributed by atoms with Crippen LogP contribution in [-0.2, 0) is 6.42 Å².